The van der Waals surface area contributed by atoms with Crippen molar-refractivity contribution < 1.29 is 14.1 Å². The van der Waals surface area contributed by atoms with Crippen molar-refractivity contribution in [3.63, 3.8) is 0 Å². The summed E-state index contributed by atoms with van der Waals surface area (Å²) in [6, 6.07) is 5.85. The summed E-state index contributed by atoms with van der Waals surface area (Å²) in [5.74, 6) is 0. The van der Waals surface area contributed by atoms with Crippen molar-refractivity contribution in [2.75, 3.05) is 18.0 Å². The van der Waals surface area contributed by atoms with Gasteiger partial charge in [-0.15, -0.1) is 0 Å². The number of rotatable bonds is 5. The smallest absolute Gasteiger partial charge is 0.399 e. The zero-order chi connectivity index (χ0) is 16.5. The van der Waals surface area contributed by atoms with Crippen LogP contribution in [0.15, 0.2) is 18.2 Å². The van der Waals surface area contributed by atoms with E-state index in [0.717, 1.165) is 30.5 Å². The van der Waals surface area contributed by atoms with E-state index in [2.05, 4.69) is 18.7 Å². The van der Waals surface area contributed by atoms with Crippen molar-refractivity contribution in [2.45, 2.75) is 52.7 Å². The summed E-state index contributed by atoms with van der Waals surface area (Å²) in [4.78, 5) is 13.9. The SMILES string of the molecule is CCN(CC)c1cccc(B2OC(C)(C)C(C)(C)O2)c1C=O. The summed E-state index contributed by atoms with van der Waals surface area (Å²) in [5, 5.41) is 0. The largest absolute Gasteiger partial charge is 0.495 e. The third-order valence-electron chi connectivity index (χ3n) is 4.85. The van der Waals surface area contributed by atoms with Gasteiger partial charge < -0.3 is 14.2 Å². The molecular formula is C17H26BNO3. The number of benzene rings is 1. The highest BCUT2D eigenvalue weighted by Crippen LogP contribution is 2.37. The van der Waals surface area contributed by atoms with Crippen LogP contribution < -0.4 is 10.4 Å². The lowest BCUT2D eigenvalue weighted by molar-refractivity contribution is 0.00578. The zero-order valence-corrected chi connectivity index (χ0v) is 14.5. The van der Waals surface area contributed by atoms with Crippen LogP contribution in [0.5, 0.6) is 0 Å². The number of aldehydes is 1. The highest BCUT2D eigenvalue weighted by Gasteiger charge is 2.52. The first kappa shape index (κ1) is 17.0. The summed E-state index contributed by atoms with van der Waals surface area (Å²) < 4.78 is 12.2. The molecule has 0 radical (unpaired) electrons. The van der Waals surface area contributed by atoms with Gasteiger partial charge in [-0.05, 0) is 53.1 Å². The molecule has 22 heavy (non-hydrogen) atoms. The van der Waals surface area contributed by atoms with Gasteiger partial charge in [-0.1, -0.05) is 12.1 Å². The highest BCUT2D eigenvalue weighted by molar-refractivity contribution is 6.63. The Labute approximate surface area is 133 Å². The Bertz CT molecular complexity index is 537. The molecule has 0 atom stereocenters. The molecule has 1 aliphatic rings. The normalized spacial score (nSPS) is 19.3. The maximum atomic E-state index is 11.7. The molecule has 1 aliphatic heterocycles. The fraction of sp³-hybridized carbons (Fsp3) is 0.588. The van der Waals surface area contributed by atoms with E-state index in [-0.39, 0.29) is 0 Å². The van der Waals surface area contributed by atoms with Crippen LogP contribution in [0.1, 0.15) is 51.9 Å². The van der Waals surface area contributed by atoms with E-state index < -0.39 is 18.3 Å². The third kappa shape index (κ3) is 2.80. The van der Waals surface area contributed by atoms with Gasteiger partial charge in [0.05, 0.1) is 11.2 Å². The average Bonchev–Trinajstić information content (AvgIpc) is 2.68. The predicted octanol–water partition coefficient (Wildman–Crippen LogP) is 2.64. The van der Waals surface area contributed by atoms with E-state index in [1.54, 1.807) is 0 Å². The quantitative estimate of drug-likeness (QED) is 0.619. The second-order valence-electron chi connectivity index (χ2n) is 6.66. The molecule has 0 saturated carbocycles. The molecule has 0 aromatic heterocycles. The molecule has 1 heterocycles. The monoisotopic (exact) mass is 303 g/mol. The van der Waals surface area contributed by atoms with Crippen LogP contribution in [0, 0.1) is 0 Å². The Morgan fingerprint density at radius 1 is 1.09 bits per heavy atom. The van der Waals surface area contributed by atoms with Crippen molar-refractivity contribution >= 4 is 24.6 Å². The number of carbonyl (C=O) groups excluding carboxylic acids is 1. The Hall–Kier alpha value is -1.33. The summed E-state index contributed by atoms with van der Waals surface area (Å²) in [6.07, 6.45) is 0.911. The Morgan fingerprint density at radius 2 is 1.64 bits per heavy atom. The van der Waals surface area contributed by atoms with Crippen molar-refractivity contribution in [2.24, 2.45) is 0 Å². The minimum Gasteiger partial charge on any atom is -0.399 e. The summed E-state index contributed by atoms with van der Waals surface area (Å²) in [5.41, 5.74) is 1.57. The number of hydrogen-bond donors (Lipinski definition) is 0. The minimum absolute atomic E-state index is 0.414. The van der Waals surface area contributed by atoms with E-state index in [1.165, 1.54) is 0 Å². The van der Waals surface area contributed by atoms with Crippen LogP contribution in [-0.4, -0.2) is 37.7 Å². The van der Waals surface area contributed by atoms with E-state index >= 15 is 0 Å². The maximum Gasteiger partial charge on any atom is 0.495 e. The van der Waals surface area contributed by atoms with Crippen LogP contribution >= 0.6 is 0 Å². The van der Waals surface area contributed by atoms with E-state index in [4.69, 9.17) is 9.31 Å². The summed E-state index contributed by atoms with van der Waals surface area (Å²) >= 11 is 0. The number of nitrogens with zero attached hydrogens (tertiary/aromatic N) is 1. The van der Waals surface area contributed by atoms with Crippen LogP contribution in [-0.2, 0) is 9.31 Å². The molecular weight excluding hydrogens is 277 g/mol. The molecule has 2 rings (SSSR count). The molecule has 4 nitrogen and oxygen atoms in total. The molecule has 1 aromatic rings. The van der Waals surface area contributed by atoms with E-state index in [1.807, 2.05) is 45.9 Å². The molecule has 1 aromatic carbocycles. The van der Waals surface area contributed by atoms with Crippen LogP contribution in [0.2, 0.25) is 0 Å². The first-order chi connectivity index (χ1) is 10.3. The number of hydrogen-bond acceptors (Lipinski definition) is 4. The molecule has 0 unspecified atom stereocenters. The summed E-state index contributed by atoms with van der Waals surface area (Å²) in [7, 11) is -0.513. The van der Waals surface area contributed by atoms with Crippen LogP contribution in [0.3, 0.4) is 0 Å². The molecule has 1 fully saturated rings. The van der Waals surface area contributed by atoms with Crippen molar-refractivity contribution in [1.29, 1.82) is 0 Å². The third-order valence-corrected chi connectivity index (χ3v) is 4.85. The van der Waals surface area contributed by atoms with Gasteiger partial charge in [0.15, 0.2) is 6.29 Å². The zero-order valence-electron chi connectivity index (χ0n) is 14.5. The van der Waals surface area contributed by atoms with E-state index in [0.29, 0.717) is 5.56 Å². The molecule has 1 saturated heterocycles. The van der Waals surface area contributed by atoms with Gasteiger partial charge in [-0.25, -0.2) is 0 Å². The summed E-state index contributed by atoms with van der Waals surface area (Å²) in [6.45, 7) is 13.9. The molecule has 0 amide bonds. The van der Waals surface area contributed by atoms with Crippen LogP contribution in [0.4, 0.5) is 5.69 Å². The van der Waals surface area contributed by atoms with Gasteiger partial charge in [0.25, 0.3) is 0 Å². The Kier molecular flexibility index (Phi) is 4.69. The Morgan fingerprint density at radius 3 is 2.09 bits per heavy atom. The van der Waals surface area contributed by atoms with Gasteiger partial charge in [-0.2, -0.15) is 0 Å². The van der Waals surface area contributed by atoms with Crippen molar-refractivity contribution in [1.82, 2.24) is 0 Å². The molecule has 0 bridgehead atoms. The number of carbonyl (C=O) groups is 1. The number of anilines is 1. The second-order valence-corrected chi connectivity index (χ2v) is 6.66. The van der Waals surface area contributed by atoms with Gasteiger partial charge in [0.2, 0.25) is 0 Å². The predicted molar refractivity (Wildman–Crippen MR) is 91.1 cm³/mol. The molecule has 120 valence electrons. The standard InChI is InChI=1S/C17H26BNO3/c1-7-19(8-2)15-11-9-10-14(13(15)12-20)18-21-16(3,4)17(5,6)22-18/h9-12H,7-8H2,1-6H3. The lowest BCUT2D eigenvalue weighted by atomic mass is 9.75. The van der Waals surface area contributed by atoms with Crippen molar-refractivity contribution in [3.8, 4) is 0 Å². The van der Waals surface area contributed by atoms with Gasteiger partial charge in [-0.3, -0.25) is 4.79 Å². The lowest BCUT2D eigenvalue weighted by Gasteiger charge is -2.32. The fourth-order valence-electron chi connectivity index (χ4n) is 2.71. The second kappa shape index (κ2) is 6.05. The van der Waals surface area contributed by atoms with Crippen LogP contribution in [0.25, 0.3) is 0 Å². The van der Waals surface area contributed by atoms with E-state index in [9.17, 15) is 4.79 Å². The topological polar surface area (TPSA) is 38.8 Å². The molecule has 0 N–H and O–H groups in total. The van der Waals surface area contributed by atoms with Crippen molar-refractivity contribution in [3.05, 3.63) is 23.8 Å². The minimum atomic E-state index is -0.513. The molecule has 0 aliphatic carbocycles. The van der Waals surface area contributed by atoms with Gasteiger partial charge in [0, 0.05) is 24.3 Å². The average molecular weight is 303 g/mol. The Balaban J connectivity index is 2.45. The van der Waals surface area contributed by atoms with Gasteiger partial charge in [0.1, 0.15) is 0 Å². The maximum absolute atomic E-state index is 11.7. The highest BCUT2D eigenvalue weighted by atomic mass is 16.7. The first-order valence-electron chi connectivity index (χ1n) is 7.96. The first-order valence-corrected chi connectivity index (χ1v) is 7.96. The molecule has 5 heteroatoms. The van der Waals surface area contributed by atoms with Gasteiger partial charge >= 0.3 is 7.12 Å². The lowest BCUT2D eigenvalue weighted by Crippen LogP contribution is -2.41. The fourth-order valence-corrected chi connectivity index (χ4v) is 2.71. The molecule has 0 spiro atoms.